The number of amides is 1. The Morgan fingerprint density at radius 3 is 2.56 bits per heavy atom. The van der Waals surface area contributed by atoms with Crippen molar-refractivity contribution in [3.63, 3.8) is 0 Å². The van der Waals surface area contributed by atoms with Crippen molar-refractivity contribution >= 4 is 23.3 Å². The Morgan fingerprint density at radius 1 is 1.32 bits per heavy atom. The van der Waals surface area contributed by atoms with Gasteiger partial charge in [-0.1, -0.05) is 62.9 Å². The van der Waals surface area contributed by atoms with E-state index in [-0.39, 0.29) is 11.4 Å². The van der Waals surface area contributed by atoms with Gasteiger partial charge in [-0.2, -0.15) is 0 Å². The van der Waals surface area contributed by atoms with Crippen molar-refractivity contribution in [1.82, 2.24) is 4.90 Å². The highest BCUT2D eigenvalue weighted by Gasteiger charge is 2.43. The number of ketones is 1. The van der Waals surface area contributed by atoms with Crippen LogP contribution in [0.2, 0.25) is 5.02 Å². The number of hydrogen-bond donors (Lipinski definition) is 1. The summed E-state index contributed by atoms with van der Waals surface area (Å²) in [5, 5.41) is 10.8. The third-order valence-electron chi connectivity index (χ3n) is 4.88. The van der Waals surface area contributed by atoms with Crippen LogP contribution in [0.25, 0.3) is 0 Å². The molecule has 0 unspecified atom stereocenters. The summed E-state index contributed by atoms with van der Waals surface area (Å²) in [7, 11) is 0. The molecule has 0 spiro atoms. The summed E-state index contributed by atoms with van der Waals surface area (Å²) in [6.45, 7) is 6.12. The van der Waals surface area contributed by atoms with Crippen LogP contribution in [0.15, 0.2) is 35.6 Å². The molecule has 5 heteroatoms. The number of carbonyl (C=O) groups excluding carboxylic acids is 2. The smallest absolute Gasteiger partial charge is 0.290 e. The summed E-state index contributed by atoms with van der Waals surface area (Å²) in [5.41, 5.74) is 0.820. The van der Waals surface area contributed by atoms with Crippen molar-refractivity contribution in [3.05, 3.63) is 46.2 Å². The molecule has 1 N–H and O–H groups in total. The lowest BCUT2D eigenvalue weighted by Crippen LogP contribution is -2.35. The Kier molecular flexibility index (Phi) is 6.65. The number of nitrogens with zero attached hydrogens (tertiary/aromatic N) is 1. The summed E-state index contributed by atoms with van der Waals surface area (Å²) in [4.78, 5) is 26.4. The molecule has 1 amide bonds. The molecule has 0 aliphatic carbocycles. The molecule has 1 aliphatic rings. The van der Waals surface area contributed by atoms with Gasteiger partial charge in [0, 0.05) is 11.6 Å². The first kappa shape index (κ1) is 19.5. The third-order valence-corrected chi connectivity index (χ3v) is 5.23. The average Bonchev–Trinajstić information content (AvgIpc) is 2.83. The summed E-state index contributed by atoms with van der Waals surface area (Å²) >= 11 is 6.34. The van der Waals surface area contributed by atoms with Crippen molar-refractivity contribution in [2.75, 3.05) is 6.54 Å². The number of carbonyl (C=O) groups is 2. The van der Waals surface area contributed by atoms with Crippen molar-refractivity contribution in [3.8, 4) is 0 Å². The molecule has 2 rings (SSSR count). The maximum atomic E-state index is 12.7. The van der Waals surface area contributed by atoms with E-state index in [1.165, 1.54) is 6.92 Å². The van der Waals surface area contributed by atoms with E-state index < -0.39 is 17.7 Å². The molecule has 1 aromatic carbocycles. The van der Waals surface area contributed by atoms with Gasteiger partial charge in [-0.3, -0.25) is 9.59 Å². The molecule has 0 bridgehead atoms. The molecule has 1 aromatic rings. The first-order valence-electron chi connectivity index (χ1n) is 8.91. The zero-order valence-corrected chi connectivity index (χ0v) is 15.8. The van der Waals surface area contributed by atoms with Crippen molar-refractivity contribution in [2.24, 2.45) is 5.92 Å². The minimum atomic E-state index is -0.616. The van der Waals surface area contributed by atoms with Gasteiger partial charge in [0.15, 0.2) is 11.5 Å². The maximum Gasteiger partial charge on any atom is 0.290 e. The fourth-order valence-electron chi connectivity index (χ4n) is 3.42. The van der Waals surface area contributed by atoms with Crippen molar-refractivity contribution < 1.29 is 14.7 Å². The van der Waals surface area contributed by atoms with Crippen LogP contribution in [0, 0.1) is 5.92 Å². The van der Waals surface area contributed by atoms with Crippen LogP contribution in [-0.2, 0) is 9.59 Å². The topological polar surface area (TPSA) is 57.6 Å². The third kappa shape index (κ3) is 4.06. The van der Waals surface area contributed by atoms with Crippen LogP contribution >= 0.6 is 11.6 Å². The average molecular weight is 364 g/mol. The van der Waals surface area contributed by atoms with Gasteiger partial charge in [0.2, 0.25) is 0 Å². The number of benzene rings is 1. The molecule has 0 radical (unpaired) electrons. The number of aliphatic hydroxyl groups is 1. The van der Waals surface area contributed by atoms with Crippen LogP contribution in [0.4, 0.5) is 0 Å². The lowest BCUT2D eigenvalue weighted by Gasteiger charge is -2.30. The van der Waals surface area contributed by atoms with E-state index in [0.29, 0.717) is 23.0 Å². The lowest BCUT2D eigenvalue weighted by molar-refractivity contribution is -0.130. The van der Waals surface area contributed by atoms with E-state index >= 15 is 0 Å². The standard InChI is InChI=1S/C20H26ClNO3/c1-4-6-9-14(5-2)12-22-18(15-10-7-8-11-16(15)21)17(13(3)23)19(24)20(22)25/h7-8,10-11,14,18,24H,4-6,9,12H2,1-3H3/t14-,18-/m1/s1. The van der Waals surface area contributed by atoms with E-state index in [9.17, 15) is 14.7 Å². The quantitative estimate of drug-likeness (QED) is 0.718. The number of rotatable bonds is 8. The SMILES string of the molecule is CCCC[C@@H](CC)CN1C(=O)C(O)=C(C(C)=O)[C@H]1c1ccccc1Cl. The highest BCUT2D eigenvalue weighted by Crippen LogP contribution is 2.41. The maximum absolute atomic E-state index is 12.7. The largest absolute Gasteiger partial charge is 0.503 e. The van der Waals surface area contributed by atoms with Gasteiger partial charge in [0.25, 0.3) is 5.91 Å². The number of halogens is 1. The second-order valence-electron chi connectivity index (χ2n) is 6.62. The predicted molar refractivity (Wildman–Crippen MR) is 99.5 cm³/mol. The van der Waals surface area contributed by atoms with Crippen LogP contribution in [0.5, 0.6) is 0 Å². The number of Topliss-reactive ketones (excluding diaryl/α,β-unsaturated/α-hetero) is 1. The van der Waals surface area contributed by atoms with E-state index in [1.807, 2.05) is 12.1 Å². The zero-order valence-electron chi connectivity index (χ0n) is 15.1. The van der Waals surface area contributed by atoms with E-state index in [2.05, 4.69) is 13.8 Å². The van der Waals surface area contributed by atoms with E-state index in [1.54, 1.807) is 17.0 Å². The lowest BCUT2D eigenvalue weighted by atomic mass is 9.94. The Balaban J connectivity index is 2.42. The molecule has 1 heterocycles. The molecule has 2 atom stereocenters. The second kappa shape index (κ2) is 8.52. The van der Waals surface area contributed by atoms with Gasteiger partial charge in [0.1, 0.15) is 0 Å². The summed E-state index contributed by atoms with van der Waals surface area (Å²) in [5.74, 6) is -0.902. The minimum absolute atomic E-state index is 0.142. The molecule has 1 aliphatic heterocycles. The fraction of sp³-hybridized carbons (Fsp3) is 0.500. The number of aliphatic hydroxyl groups excluding tert-OH is 1. The molecule has 0 saturated heterocycles. The molecule has 0 aromatic heterocycles. The van der Waals surface area contributed by atoms with Gasteiger partial charge in [-0.15, -0.1) is 0 Å². The Bertz CT molecular complexity index is 683. The van der Waals surface area contributed by atoms with E-state index in [0.717, 1.165) is 25.7 Å². The van der Waals surface area contributed by atoms with Gasteiger partial charge < -0.3 is 10.0 Å². The molecular formula is C20H26ClNO3. The molecule has 136 valence electrons. The monoisotopic (exact) mass is 363 g/mol. The fourth-order valence-corrected chi connectivity index (χ4v) is 3.66. The summed E-state index contributed by atoms with van der Waals surface area (Å²) < 4.78 is 0. The highest BCUT2D eigenvalue weighted by molar-refractivity contribution is 6.31. The predicted octanol–water partition coefficient (Wildman–Crippen LogP) is 4.84. The Hall–Kier alpha value is -1.81. The van der Waals surface area contributed by atoms with Crippen LogP contribution in [0.1, 0.15) is 58.1 Å². The van der Waals surface area contributed by atoms with Gasteiger partial charge >= 0.3 is 0 Å². The molecule has 25 heavy (non-hydrogen) atoms. The van der Waals surface area contributed by atoms with Gasteiger partial charge in [0.05, 0.1) is 11.6 Å². The first-order valence-corrected chi connectivity index (χ1v) is 9.29. The van der Waals surface area contributed by atoms with Crippen LogP contribution < -0.4 is 0 Å². The minimum Gasteiger partial charge on any atom is -0.503 e. The first-order chi connectivity index (χ1) is 11.9. The molecule has 0 saturated carbocycles. The molecule has 0 fully saturated rings. The van der Waals surface area contributed by atoms with E-state index in [4.69, 9.17) is 11.6 Å². The molecular weight excluding hydrogens is 338 g/mol. The van der Waals surface area contributed by atoms with Gasteiger partial charge in [-0.25, -0.2) is 0 Å². The van der Waals surface area contributed by atoms with Crippen molar-refractivity contribution in [1.29, 1.82) is 0 Å². The number of hydrogen-bond acceptors (Lipinski definition) is 3. The summed E-state index contributed by atoms with van der Waals surface area (Å²) in [6, 6.07) is 6.56. The van der Waals surface area contributed by atoms with Crippen molar-refractivity contribution in [2.45, 2.75) is 52.5 Å². The van der Waals surface area contributed by atoms with Crippen LogP contribution in [0.3, 0.4) is 0 Å². The highest BCUT2D eigenvalue weighted by atomic mass is 35.5. The summed E-state index contributed by atoms with van der Waals surface area (Å²) in [6.07, 6.45) is 4.15. The molecule has 4 nitrogen and oxygen atoms in total. The Labute approximate surface area is 154 Å². The second-order valence-corrected chi connectivity index (χ2v) is 7.02. The number of unbranched alkanes of at least 4 members (excludes halogenated alkanes) is 1. The normalized spacial score (nSPS) is 18.8. The Morgan fingerprint density at radius 2 is 2.00 bits per heavy atom. The van der Waals surface area contributed by atoms with Crippen LogP contribution in [-0.4, -0.2) is 28.2 Å². The zero-order chi connectivity index (χ0) is 18.6. The van der Waals surface area contributed by atoms with Gasteiger partial charge in [-0.05, 0) is 30.9 Å².